The van der Waals surface area contributed by atoms with Crippen LogP contribution >= 0.6 is 0 Å². The van der Waals surface area contributed by atoms with E-state index in [2.05, 4.69) is 10.0 Å². The molecule has 9 heteroatoms. The van der Waals surface area contributed by atoms with E-state index < -0.39 is 21.7 Å². The lowest BCUT2D eigenvalue weighted by Gasteiger charge is -2.10. The summed E-state index contributed by atoms with van der Waals surface area (Å²) in [6.45, 7) is 1.69. The number of sulfonamides is 1. The summed E-state index contributed by atoms with van der Waals surface area (Å²) < 4.78 is 51.6. The van der Waals surface area contributed by atoms with Crippen LogP contribution in [-0.2, 0) is 10.0 Å². The normalized spacial score (nSPS) is 11.3. The Kier molecular flexibility index (Phi) is 5.58. The van der Waals surface area contributed by atoms with Gasteiger partial charge in [0.15, 0.2) is 0 Å². The fourth-order valence-corrected chi connectivity index (χ4v) is 4.33. The first kappa shape index (κ1) is 21.4. The van der Waals surface area contributed by atoms with Gasteiger partial charge in [-0.25, -0.2) is 12.8 Å². The van der Waals surface area contributed by atoms with E-state index in [0.29, 0.717) is 33.7 Å². The molecule has 0 unspecified atom stereocenters. The quantitative estimate of drug-likeness (QED) is 0.430. The average Bonchev–Trinajstić information content (AvgIpc) is 3.08. The van der Waals surface area contributed by atoms with Gasteiger partial charge < -0.3 is 14.5 Å². The van der Waals surface area contributed by atoms with Crippen molar-refractivity contribution in [3.05, 3.63) is 83.9 Å². The number of nitrogens with one attached hydrogen (secondary N) is 2. The summed E-state index contributed by atoms with van der Waals surface area (Å²) in [7, 11) is -2.39. The Morgan fingerprint density at radius 3 is 2.44 bits per heavy atom. The van der Waals surface area contributed by atoms with Gasteiger partial charge in [-0.05, 0) is 67.6 Å². The van der Waals surface area contributed by atoms with Gasteiger partial charge in [0.2, 0.25) is 0 Å². The monoisotopic (exact) mass is 454 g/mol. The predicted molar refractivity (Wildman–Crippen MR) is 119 cm³/mol. The summed E-state index contributed by atoms with van der Waals surface area (Å²) in [4.78, 5) is 12.9. The third kappa shape index (κ3) is 4.28. The third-order valence-corrected chi connectivity index (χ3v) is 6.19. The molecule has 4 rings (SSSR count). The SMILES string of the molecule is COc1ccc2oc(C)c(C(=O)Nc3ccc(S(=O)(=O)Nc4cccc(F)c4)cc3)c2c1. The lowest BCUT2D eigenvalue weighted by molar-refractivity contribution is 0.102. The Labute approximate surface area is 183 Å². The van der Waals surface area contributed by atoms with Gasteiger partial charge in [-0.1, -0.05) is 6.07 Å². The molecular formula is C23H19FN2O5S. The van der Waals surface area contributed by atoms with E-state index in [1.54, 1.807) is 25.1 Å². The number of hydrogen-bond acceptors (Lipinski definition) is 5. The van der Waals surface area contributed by atoms with Crippen molar-refractivity contribution in [2.75, 3.05) is 17.1 Å². The van der Waals surface area contributed by atoms with Gasteiger partial charge in [0.1, 0.15) is 22.9 Å². The maximum atomic E-state index is 13.3. The molecule has 32 heavy (non-hydrogen) atoms. The predicted octanol–water partition coefficient (Wildman–Crippen LogP) is 4.94. The number of aryl methyl sites for hydroxylation is 1. The van der Waals surface area contributed by atoms with Gasteiger partial charge >= 0.3 is 0 Å². The first-order valence-corrected chi connectivity index (χ1v) is 11.0. The number of furan rings is 1. The Bertz CT molecular complexity index is 1410. The molecule has 0 aliphatic carbocycles. The summed E-state index contributed by atoms with van der Waals surface area (Å²) >= 11 is 0. The lowest BCUT2D eigenvalue weighted by atomic mass is 10.1. The van der Waals surface area contributed by atoms with Crippen molar-refractivity contribution in [2.24, 2.45) is 0 Å². The second-order valence-electron chi connectivity index (χ2n) is 6.99. The molecule has 0 bridgehead atoms. The number of hydrogen-bond donors (Lipinski definition) is 2. The van der Waals surface area contributed by atoms with Crippen LogP contribution in [0, 0.1) is 12.7 Å². The van der Waals surface area contributed by atoms with E-state index in [-0.39, 0.29) is 10.6 Å². The number of halogens is 1. The van der Waals surface area contributed by atoms with Gasteiger partial charge in [0.05, 0.1) is 23.3 Å². The van der Waals surface area contributed by atoms with E-state index in [1.807, 2.05) is 0 Å². The second kappa shape index (κ2) is 8.35. The zero-order valence-corrected chi connectivity index (χ0v) is 18.0. The highest BCUT2D eigenvalue weighted by molar-refractivity contribution is 7.92. The summed E-state index contributed by atoms with van der Waals surface area (Å²) in [5.41, 5.74) is 1.43. The van der Waals surface area contributed by atoms with Crippen LogP contribution < -0.4 is 14.8 Å². The van der Waals surface area contributed by atoms with Gasteiger partial charge in [-0.3, -0.25) is 9.52 Å². The van der Waals surface area contributed by atoms with E-state index >= 15 is 0 Å². The Balaban J connectivity index is 1.54. The maximum Gasteiger partial charge on any atom is 0.261 e. The summed E-state index contributed by atoms with van der Waals surface area (Å²) in [6, 6.07) is 16.0. The fraction of sp³-hybridized carbons (Fsp3) is 0.0870. The van der Waals surface area contributed by atoms with Gasteiger partial charge in [-0.2, -0.15) is 0 Å². The first-order chi connectivity index (χ1) is 15.3. The number of fused-ring (bicyclic) bond motifs is 1. The number of rotatable bonds is 6. The molecule has 0 aliphatic heterocycles. The maximum absolute atomic E-state index is 13.3. The number of anilines is 2. The molecule has 4 aromatic rings. The van der Waals surface area contributed by atoms with Crippen LogP contribution in [0.3, 0.4) is 0 Å². The zero-order chi connectivity index (χ0) is 22.9. The molecule has 0 fully saturated rings. The van der Waals surface area contributed by atoms with Crippen LogP contribution in [0.2, 0.25) is 0 Å². The van der Waals surface area contributed by atoms with E-state index in [0.717, 1.165) is 6.07 Å². The average molecular weight is 454 g/mol. The fourth-order valence-electron chi connectivity index (χ4n) is 3.29. The van der Waals surface area contributed by atoms with Gasteiger partial charge in [0.25, 0.3) is 15.9 Å². The number of ether oxygens (including phenoxy) is 1. The standard InChI is InChI=1S/C23H19FN2O5S/c1-14-22(20-13-18(30-2)8-11-21(20)31-14)23(27)25-16-6-9-19(10-7-16)32(28,29)26-17-5-3-4-15(24)12-17/h3-13,26H,1-2H3,(H,25,27). The van der Waals surface area contributed by atoms with Crippen molar-refractivity contribution in [2.45, 2.75) is 11.8 Å². The third-order valence-electron chi connectivity index (χ3n) is 4.80. The lowest BCUT2D eigenvalue weighted by Crippen LogP contribution is -2.14. The molecule has 164 valence electrons. The molecule has 0 saturated heterocycles. The number of carbonyl (C=O) groups excluding carboxylic acids is 1. The van der Waals surface area contributed by atoms with Crippen LogP contribution in [0.4, 0.5) is 15.8 Å². The van der Waals surface area contributed by atoms with Crippen molar-refractivity contribution in [1.82, 2.24) is 0 Å². The number of methoxy groups -OCH3 is 1. The largest absolute Gasteiger partial charge is 0.497 e. The summed E-state index contributed by atoms with van der Waals surface area (Å²) in [5.74, 6) is 0.0860. The topological polar surface area (TPSA) is 97.6 Å². The first-order valence-electron chi connectivity index (χ1n) is 9.54. The van der Waals surface area contributed by atoms with Crippen molar-refractivity contribution < 1.29 is 26.8 Å². The van der Waals surface area contributed by atoms with Crippen LogP contribution in [-0.4, -0.2) is 21.4 Å². The van der Waals surface area contributed by atoms with Gasteiger partial charge in [0, 0.05) is 11.1 Å². The number of carbonyl (C=O) groups is 1. The van der Waals surface area contributed by atoms with Crippen molar-refractivity contribution in [3.8, 4) is 5.75 Å². The van der Waals surface area contributed by atoms with Crippen LogP contribution in [0.15, 0.2) is 76.0 Å². The molecule has 3 aromatic carbocycles. The Morgan fingerprint density at radius 1 is 1.00 bits per heavy atom. The summed E-state index contributed by atoms with van der Waals surface area (Å²) in [5, 5.41) is 3.36. The second-order valence-corrected chi connectivity index (χ2v) is 8.67. The molecular weight excluding hydrogens is 435 g/mol. The van der Waals surface area contributed by atoms with Crippen LogP contribution in [0.5, 0.6) is 5.75 Å². The minimum absolute atomic E-state index is 0.0329. The molecule has 1 amide bonds. The summed E-state index contributed by atoms with van der Waals surface area (Å²) in [6.07, 6.45) is 0. The molecule has 0 aliphatic rings. The Hall–Kier alpha value is -3.85. The molecule has 0 saturated carbocycles. The molecule has 7 nitrogen and oxygen atoms in total. The molecule has 0 radical (unpaired) electrons. The van der Waals surface area contributed by atoms with Crippen LogP contribution in [0.1, 0.15) is 16.1 Å². The zero-order valence-electron chi connectivity index (χ0n) is 17.2. The van der Waals surface area contributed by atoms with E-state index in [1.165, 1.54) is 49.6 Å². The number of amides is 1. The van der Waals surface area contributed by atoms with Crippen molar-refractivity contribution in [1.29, 1.82) is 0 Å². The number of benzene rings is 3. The van der Waals surface area contributed by atoms with Crippen molar-refractivity contribution in [3.63, 3.8) is 0 Å². The molecule has 1 heterocycles. The minimum Gasteiger partial charge on any atom is -0.497 e. The smallest absolute Gasteiger partial charge is 0.261 e. The Morgan fingerprint density at radius 2 is 1.75 bits per heavy atom. The molecule has 0 spiro atoms. The van der Waals surface area contributed by atoms with Crippen molar-refractivity contribution >= 4 is 38.3 Å². The molecule has 2 N–H and O–H groups in total. The molecule has 0 atom stereocenters. The highest BCUT2D eigenvalue weighted by Crippen LogP contribution is 2.30. The highest BCUT2D eigenvalue weighted by Gasteiger charge is 2.20. The van der Waals surface area contributed by atoms with E-state index in [4.69, 9.17) is 9.15 Å². The van der Waals surface area contributed by atoms with E-state index in [9.17, 15) is 17.6 Å². The van der Waals surface area contributed by atoms with Gasteiger partial charge in [-0.15, -0.1) is 0 Å². The molecule has 1 aromatic heterocycles. The minimum atomic E-state index is -3.92. The highest BCUT2D eigenvalue weighted by atomic mass is 32.2. The van der Waals surface area contributed by atoms with Crippen LogP contribution in [0.25, 0.3) is 11.0 Å².